The van der Waals surface area contributed by atoms with E-state index in [1.54, 1.807) is 0 Å². The summed E-state index contributed by atoms with van der Waals surface area (Å²) >= 11 is 0. The normalized spacial score (nSPS) is 16.4. The largest absolute Gasteiger partial charge is 0.378 e. The van der Waals surface area contributed by atoms with E-state index in [1.165, 1.54) is 16.8 Å². The average Bonchev–Trinajstić information content (AvgIpc) is 3.37. The zero-order valence-electron chi connectivity index (χ0n) is 21.3. The first-order valence-electron chi connectivity index (χ1n) is 12.8. The molecule has 0 atom stereocenters. The Morgan fingerprint density at radius 1 is 0.838 bits per heavy atom. The van der Waals surface area contributed by atoms with E-state index in [0.717, 1.165) is 59.7 Å². The van der Waals surface area contributed by atoms with Crippen molar-refractivity contribution in [2.24, 2.45) is 0 Å². The van der Waals surface area contributed by atoms with E-state index in [9.17, 15) is 4.79 Å². The van der Waals surface area contributed by atoms with Gasteiger partial charge in [-0.15, -0.1) is 10.2 Å². The zero-order chi connectivity index (χ0) is 25.4. The molecule has 0 aliphatic carbocycles. The Labute approximate surface area is 216 Å². The molecule has 190 valence electrons. The van der Waals surface area contributed by atoms with Gasteiger partial charge < -0.3 is 24.3 Å². The molecule has 8 heteroatoms. The number of rotatable bonds is 4. The Kier molecular flexibility index (Phi) is 6.36. The van der Waals surface area contributed by atoms with Crippen LogP contribution in [0.25, 0.3) is 33.4 Å². The Balaban J connectivity index is 1.30. The lowest BCUT2D eigenvalue weighted by Gasteiger charge is -2.31. The van der Waals surface area contributed by atoms with Crippen molar-refractivity contribution in [3.63, 3.8) is 0 Å². The van der Waals surface area contributed by atoms with E-state index in [1.807, 2.05) is 35.4 Å². The second kappa shape index (κ2) is 9.95. The third-order valence-electron chi connectivity index (χ3n) is 7.29. The Bertz CT molecular complexity index is 1410. The number of carbonyl (C=O) groups is 1. The molecule has 2 aromatic heterocycles. The first-order chi connectivity index (χ1) is 18.1. The number of hydrogen-bond acceptors (Lipinski definition) is 6. The molecule has 2 aromatic carbocycles. The summed E-state index contributed by atoms with van der Waals surface area (Å²) in [5.41, 5.74) is 9.14. The molecule has 4 aromatic rings. The molecular formula is C29H31N5O3. The molecule has 0 bridgehead atoms. The molecule has 0 unspecified atom stereocenters. The van der Waals surface area contributed by atoms with Crippen LogP contribution in [0.5, 0.6) is 0 Å². The fourth-order valence-corrected chi connectivity index (χ4v) is 5.43. The predicted molar refractivity (Wildman–Crippen MR) is 144 cm³/mol. The van der Waals surface area contributed by atoms with Crippen molar-refractivity contribution in [1.82, 2.24) is 20.1 Å². The summed E-state index contributed by atoms with van der Waals surface area (Å²) < 4.78 is 10.9. The number of nitrogens with zero attached hydrogens (tertiary/aromatic N) is 4. The van der Waals surface area contributed by atoms with E-state index in [-0.39, 0.29) is 5.91 Å². The average molecular weight is 498 g/mol. The fraction of sp³-hybridized carbons (Fsp3) is 0.345. The van der Waals surface area contributed by atoms with E-state index in [4.69, 9.17) is 9.47 Å². The van der Waals surface area contributed by atoms with Crippen LogP contribution >= 0.6 is 0 Å². The molecule has 8 nitrogen and oxygen atoms in total. The maximum Gasteiger partial charge on any atom is 0.254 e. The highest BCUT2D eigenvalue weighted by Crippen LogP contribution is 2.34. The number of fused-ring (bicyclic) bond motifs is 1. The van der Waals surface area contributed by atoms with Gasteiger partial charge in [-0.2, -0.15) is 0 Å². The molecule has 0 spiro atoms. The van der Waals surface area contributed by atoms with Crippen molar-refractivity contribution >= 4 is 22.6 Å². The van der Waals surface area contributed by atoms with Gasteiger partial charge in [0, 0.05) is 60.1 Å². The van der Waals surface area contributed by atoms with Crippen molar-refractivity contribution in [2.75, 3.05) is 57.5 Å². The Morgan fingerprint density at radius 2 is 1.49 bits per heavy atom. The zero-order valence-corrected chi connectivity index (χ0v) is 21.3. The van der Waals surface area contributed by atoms with Crippen LogP contribution in [-0.2, 0) is 9.47 Å². The van der Waals surface area contributed by atoms with Crippen molar-refractivity contribution in [3.05, 3.63) is 65.4 Å². The highest BCUT2D eigenvalue weighted by atomic mass is 16.5. The third kappa shape index (κ3) is 4.58. The minimum Gasteiger partial charge on any atom is -0.378 e. The van der Waals surface area contributed by atoms with Crippen LogP contribution in [0.3, 0.4) is 0 Å². The lowest BCUT2D eigenvalue weighted by atomic mass is 9.99. The van der Waals surface area contributed by atoms with Gasteiger partial charge in [0.25, 0.3) is 5.91 Å². The first-order valence-corrected chi connectivity index (χ1v) is 12.8. The van der Waals surface area contributed by atoms with Crippen LogP contribution in [0.15, 0.2) is 48.7 Å². The molecule has 0 saturated carbocycles. The predicted octanol–water partition coefficient (Wildman–Crippen LogP) is 4.22. The smallest absolute Gasteiger partial charge is 0.254 e. The molecule has 2 aliphatic heterocycles. The minimum absolute atomic E-state index is 0.0493. The highest BCUT2D eigenvalue weighted by molar-refractivity contribution is 5.97. The van der Waals surface area contributed by atoms with Gasteiger partial charge in [-0.25, -0.2) is 0 Å². The number of aromatic nitrogens is 3. The first kappa shape index (κ1) is 23.6. The van der Waals surface area contributed by atoms with Gasteiger partial charge >= 0.3 is 0 Å². The topological polar surface area (TPSA) is 83.6 Å². The monoisotopic (exact) mass is 497 g/mol. The quantitative estimate of drug-likeness (QED) is 0.455. The number of anilines is 1. The molecule has 37 heavy (non-hydrogen) atoms. The summed E-state index contributed by atoms with van der Waals surface area (Å²) in [5, 5.41) is 10.0. The number of aromatic amines is 1. The SMILES string of the molecule is Cc1cc(-c2cc3c(-c4ccc(C(=O)N5CCOCC5)cc4)c[nH]c3nn2)cc(C)c1N1CCOCC1. The van der Waals surface area contributed by atoms with E-state index < -0.39 is 0 Å². The number of amides is 1. The van der Waals surface area contributed by atoms with Crippen molar-refractivity contribution in [1.29, 1.82) is 0 Å². The molecule has 1 N–H and O–H groups in total. The summed E-state index contributed by atoms with van der Waals surface area (Å²) in [6.45, 7) is 10.1. The summed E-state index contributed by atoms with van der Waals surface area (Å²) in [4.78, 5) is 20.3. The van der Waals surface area contributed by atoms with E-state index in [0.29, 0.717) is 31.9 Å². The van der Waals surface area contributed by atoms with Gasteiger partial charge in [-0.05, 0) is 60.9 Å². The van der Waals surface area contributed by atoms with Gasteiger partial charge in [0.05, 0.1) is 32.1 Å². The summed E-state index contributed by atoms with van der Waals surface area (Å²) in [5.74, 6) is 0.0493. The van der Waals surface area contributed by atoms with Gasteiger partial charge in [0.1, 0.15) is 0 Å². The molecular weight excluding hydrogens is 466 g/mol. The van der Waals surface area contributed by atoms with Crippen molar-refractivity contribution < 1.29 is 14.3 Å². The maximum absolute atomic E-state index is 12.8. The van der Waals surface area contributed by atoms with E-state index in [2.05, 4.69) is 52.1 Å². The van der Waals surface area contributed by atoms with Crippen molar-refractivity contribution in [3.8, 4) is 22.4 Å². The Hall–Kier alpha value is -3.75. The molecule has 0 radical (unpaired) electrons. The van der Waals surface area contributed by atoms with Gasteiger partial charge in [-0.1, -0.05) is 12.1 Å². The molecule has 6 rings (SSSR count). The molecule has 1 amide bonds. The van der Waals surface area contributed by atoms with Crippen LogP contribution in [0.2, 0.25) is 0 Å². The standard InChI is InChI=1S/C29H31N5O3/c1-19-15-23(16-20(2)27(19)33-7-11-36-12-8-33)26-17-24-25(18-30-28(24)32-31-26)21-3-5-22(6-4-21)29(35)34-9-13-37-14-10-34/h3-6,15-18H,7-14H2,1-2H3,(H,30,32). The second-order valence-electron chi connectivity index (χ2n) is 9.73. The number of aryl methyl sites for hydroxylation is 2. The Morgan fingerprint density at radius 3 is 2.16 bits per heavy atom. The number of morpholine rings is 2. The molecule has 2 fully saturated rings. The number of benzene rings is 2. The number of carbonyl (C=O) groups excluding carboxylic acids is 1. The second-order valence-corrected chi connectivity index (χ2v) is 9.73. The lowest BCUT2D eigenvalue weighted by molar-refractivity contribution is 0.0303. The molecule has 2 saturated heterocycles. The number of nitrogens with one attached hydrogen (secondary N) is 1. The van der Waals surface area contributed by atoms with Crippen LogP contribution < -0.4 is 4.90 Å². The van der Waals surface area contributed by atoms with Gasteiger partial charge in [0.15, 0.2) is 5.65 Å². The number of hydrogen-bond donors (Lipinski definition) is 1. The summed E-state index contributed by atoms with van der Waals surface area (Å²) in [6.07, 6.45) is 1.96. The third-order valence-corrected chi connectivity index (χ3v) is 7.29. The van der Waals surface area contributed by atoms with Crippen LogP contribution in [-0.4, -0.2) is 78.6 Å². The van der Waals surface area contributed by atoms with Crippen molar-refractivity contribution in [2.45, 2.75) is 13.8 Å². The van der Waals surface area contributed by atoms with Crippen LogP contribution in [0, 0.1) is 13.8 Å². The highest BCUT2D eigenvalue weighted by Gasteiger charge is 2.20. The number of H-pyrrole nitrogens is 1. The number of ether oxygens (including phenoxy) is 2. The summed E-state index contributed by atoms with van der Waals surface area (Å²) in [7, 11) is 0. The fourth-order valence-electron chi connectivity index (χ4n) is 5.43. The minimum atomic E-state index is 0.0493. The van der Waals surface area contributed by atoms with Crippen LogP contribution in [0.1, 0.15) is 21.5 Å². The molecule has 2 aliphatic rings. The van der Waals surface area contributed by atoms with Crippen LogP contribution in [0.4, 0.5) is 5.69 Å². The van der Waals surface area contributed by atoms with Gasteiger partial charge in [-0.3, -0.25) is 4.79 Å². The maximum atomic E-state index is 12.8. The van der Waals surface area contributed by atoms with E-state index >= 15 is 0 Å². The summed E-state index contributed by atoms with van der Waals surface area (Å²) in [6, 6.07) is 14.3. The van der Waals surface area contributed by atoms with Gasteiger partial charge in [0.2, 0.25) is 0 Å². The molecule has 4 heterocycles. The lowest BCUT2D eigenvalue weighted by Crippen LogP contribution is -2.40.